The molecule has 0 N–H and O–H groups in total. The van der Waals surface area contributed by atoms with E-state index in [-0.39, 0.29) is 0 Å². The van der Waals surface area contributed by atoms with E-state index in [0.29, 0.717) is 23.3 Å². The SMILES string of the molecule is c1ccc(-c2nc(-c3ccccc3)nc(-c3cc(-c4ccc(-c5ccccc5)c(-c5ccccc5)c4)cnc3-n3c4ccccc4c4cc5oc6ccccc6c5cc43)n2)cc1. The molecule has 0 aliphatic carbocycles. The summed E-state index contributed by atoms with van der Waals surface area (Å²) in [5.41, 5.74) is 12.8. The van der Waals surface area contributed by atoms with Crippen molar-refractivity contribution in [3.05, 3.63) is 212 Å². The van der Waals surface area contributed by atoms with Crippen LogP contribution in [0.5, 0.6) is 0 Å². The summed E-state index contributed by atoms with van der Waals surface area (Å²) in [7, 11) is 0. The van der Waals surface area contributed by atoms with E-state index in [1.807, 2.05) is 79.0 Å². The zero-order valence-electron chi connectivity index (χ0n) is 33.4. The van der Waals surface area contributed by atoms with Crippen molar-refractivity contribution in [2.45, 2.75) is 0 Å². The molecule has 0 atom stereocenters. The average Bonchev–Trinajstić information content (AvgIpc) is 3.88. The third-order valence-corrected chi connectivity index (χ3v) is 11.7. The van der Waals surface area contributed by atoms with E-state index in [9.17, 15) is 0 Å². The molecule has 12 rings (SSSR count). The van der Waals surface area contributed by atoms with Gasteiger partial charge in [-0.3, -0.25) is 4.57 Å². The zero-order valence-corrected chi connectivity index (χ0v) is 33.4. The Hall–Kier alpha value is -8.48. The molecule has 0 bridgehead atoms. The van der Waals surface area contributed by atoms with Crippen molar-refractivity contribution in [2.24, 2.45) is 0 Å². The molecule has 0 aliphatic heterocycles. The van der Waals surface area contributed by atoms with Crippen LogP contribution >= 0.6 is 0 Å². The highest BCUT2D eigenvalue weighted by atomic mass is 16.3. The second kappa shape index (κ2) is 14.7. The lowest BCUT2D eigenvalue weighted by molar-refractivity contribution is 0.669. The van der Waals surface area contributed by atoms with Gasteiger partial charge in [0.1, 0.15) is 17.0 Å². The van der Waals surface area contributed by atoms with Crippen LogP contribution in [0.15, 0.2) is 217 Å². The van der Waals surface area contributed by atoms with E-state index in [1.165, 1.54) is 0 Å². The largest absolute Gasteiger partial charge is 0.456 e. The van der Waals surface area contributed by atoms with Crippen LogP contribution in [0.25, 0.3) is 117 Å². The smallest absolute Gasteiger partial charge is 0.167 e. The van der Waals surface area contributed by atoms with E-state index in [2.05, 4.69) is 138 Å². The van der Waals surface area contributed by atoms with Crippen LogP contribution in [0.4, 0.5) is 0 Å². The Labute approximate surface area is 357 Å². The number of rotatable bonds is 7. The van der Waals surface area contributed by atoms with Crippen molar-refractivity contribution in [1.82, 2.24) is 24.5 Å². The van der Waals surface area contributed by atoms with Crippen molar-refractivity contribution in [1.29, 1.82) is 0 Å². The molecule has 6 nitrogen and oxygen atoms in total. The predicted molar refractivity (Wildman–Crippen MR) is 252 cm³/mol. The van der Waals surface area contributed by atoms with Crippen LogP contribution in [0.3, 0.4) is 0 Å². The fourth-order valence-electron chi connectivity index (χ4n) is 8.75. The van der Waals surface area contributed by atoms with Gasteiger partial charge < -0.3 is 4.42 Å². The van der Waals surface area contributed by atoms with E-state index in [1.54, 1.807) is 0 Å². The number of hydrogen-bond acceptors (Lipinski definition) is 5. The molecule has 4 heterocycles. The first-order valence-electron chi connectivity index (χ1n) is 20.7. The first kappa shape index (κ1) is 35.5. The molecule has 0 fully saturated rings. The summed E-state index contributed by atoms with van der Waals surface area (Å²) in [5.74, 6) is 2.39. The summed E-state index contributed by atoms with van der Waals surface area (Å²) in [6.07, 6.45) is 1.98. The van der Waals surface area contributed by atoms with Gasteiger partial charge >= 0.3 is 0 Å². The number of fused-ring (bicyclic) bond motifs is 6. The van der Waals surface area contributed by atoms with Crippen molar-refractivity contribution >= 4 is 43.7 Å². The predicted octanol–water partition coefficient (Wildman–Crippen LogP) is 14.3. The molecule has 12 aromatic rings. The summed E-state index contributed by atoms with van der Waals surface area (Å²) in [4.78, 5) is 21.0. The standard InChI is InChI=1S/C56H35N5O/c1-5-17-36(18-6-1)42-30-29-40(31-45(42)37-19-7-2-8-20-37)41-32-48(55-59-53(38-21-9-3-10-22-38)58-54(60-55)39-23-11-4-12-24-39)56(57-35-41)61-49-27-15-13-25-43(49)46-34-52-47(33-50(46)61)44-26-14-16-28-51(44)62-52/h1-35H. The van der Waals surface area contributed by atoms with E-state index in [0.717, 1.165) is 93.8 Å². The Bertz CT molecular complexity index is 3560. The topological polar surface area (TPSA) is 69.6 Å². The van der Waals surface area contributed by atoms with Gasteiger partial charge in [-0.2, -0.15) is 0 Å². The number of para-hydroxylation sites is 2. The third kappa shape index (κ3) is 6.04. The second-order valence-corrected chi connectivity index (χ2v) is 15.4. The molecule has 0 saturated heterocycles. The highest BCUT2D eigenvalue weighted by Crippen LogP contribution is 2.42. The van der Waals surface area contributed by atoms with Gasteiger partial charge in [0.2, 0.25) is 0 Å². The molecule has 0 amide bonds. The number of furan rings is 1. The Morgan fingerprint density at radius 3 is 1.55 bits per heavy atom. The normalized spacial score (nSPS) is 11.5. The fraction of sp³-hybridized carbons (Fsp3) is 0. The van der Waals surface area contributed by atoms with Gasteiger partial charge in [-0.05, 0) is 64.2 Å². The number of benzene rings is 8. The zero-order chi connectivity index (χ0) is 41.0. The summed E-state index contributed by atoms with van der Waals surface area (Å²) in [6, 6.07) is 71.3. The summed E-state index contributed by atoms with van der Waals surface area (Å²) < 4.78 is 8.68. The minimum Gasteiger partial charge on any atom is -0.456 e. The van der Waals surface area contributed by atoms with Crippen molar-refractivity contribution in [2.75, 3.05) is 0 Å². The van der Waals surface area contributed by atoms with Crippen LogP contribution in [-0.2, 0) is 0 Å². The number of pyridine rings is 1. The fourth-order valence-corrected chi connectivity index (χ4v) is 8.75. The monoisotopic (exact) mass is 793 g/mol. The maximum Gasteiger partial charge on any atom is 0.167 e. The molecule has 0 spiro atoms. The molecule has 62 heavy (non-hydrogen) atoms. The molecule has 6 heteroatoms. The molecular formula is C56H35N5O. The first-order valence-corrected chi connectivity index (χ1v) is 20.7. The van der Waals surface area contributed by atoms with Gasteiger partial charge in [-0.25, -0.2) is 19.9 Å². The van der Waals surface area contributed by atoms with Crippen molar-refractivity contribution < 1.29 is 4.42 Å². The minimum absolute atomic E-state index is 0.520. The second-order valence-electron chi connectivity index (χ2n) is 15.4. The maximum atomic E-state index is 6.42. The number of hydrogen-bond donors (Lipinski definition) is 0. The molecule has 0 saturated carbocycles. The average molecular weight is 794 g/mol. The quantitative estimate of drug-likeness (QED) is 0.161. The van der Waals surface area contributed by atoms with Crippen molar-refractivity contribution in [3.63, 3.8) is 0 Å². The lowest BCUT2D eigenvalue weighted by Crippen LogP contribution is -2.05. The van der Waals surface area contributed by atoms with Gasteiger partial charge in [-0.1, -0.05) is 170 Å². The van der Waals surface area contributed by atoms with Gasteiger partial charge in [0.25, 0.3) is 0 Å². The Kier molecular flexibility index (Phi) is 8.38. The summed E-state index contributed by atoms with van der Waals surface area (Å²) in [6.45, 7) is 0. The maximum absolute atomic E-state index is 6.42. The molecule has 0 radical (unpaired) electrons. The van der Waals surface area contributed by atoms with E-state index in [4.69, 9.17) is 24.4 Å². The first-order chi connectivity index (χ1) is 30.7. The minimum atomic E-state index is 0.520. The lowest BCUT2D eigenvalue weighted by Gasteiger charge is -2.16. The van der Waals surface area contributed by atoms with E-state index < -0.39 is 0 Å². The van der Waals surface area contributed by atoms with E-state index >= 15 is 0 Å². The van der Waals surface area contributed by atoms with Crippen LogP contribution < -0.4 is 0 Å². The number of aromatic nitrogens is 5. The van der Waals surface area contributed by atoms with Gasteiger partial charge in [-0.15, -0.1) is 0 Å². The van der Waals surface area contributed by atoms with Gasteiger partial charge in [0.15, 0.2) is 17.5 Å². The molecule has 8 aromatic carbocycles. The van der Waals surface area contributed by atoms with Crippen LogP contribution in [0.1, 0.15) is 0 Å². The highest BCUT2D eigenvalue weighted by molar-refractivity contribution is 6.17. The Morgan fingerprint density at radius 2 is 0.871 bits per heavy atom. The molecule has 0 aliphatic rings. The summed E-state index contributed by atoms with van der Waals surface area (Å²) >= 11 is 0. The van der Waals surface area contributed by atoms with Gasteiger partial charge in [0.05, 0.1) is 16.6 Å². The van der Waals surface area contributed by atoms with Crippen LogP contribution in [0, 0.1) is 0 Å². The molecule has 0 unspecified atom stereocenters. The Morgan fingerprint density at radius 1 is 0.323 bits per heavy atom. The Balaban J connectivity index is 1.15. The van der Waals surface area contributed by atoms with Crippen LogP contribution in [0.2, 0.25) is 0 Å². The lowest BCUT2D eigenvalue weighted by atomic mass is 9.91. The van der Waals surface area contributed by atoms with Crippen molar-refractivity contribution in [3.8, 4) is 73.4 Å². The van der Waals surface area contributed by atoms with Crippen LogP contribution in [-0.4, -0.2) is 24.5 Å². The highest BCUT2D eigenvalue weighted by Gasteiger charge is 2.23. The molecular weight excluding hydrogens is 759 g/mol. The number of nitrogens with zero attached hydrogens (tertiary/aromatic N) is 5. The summed E-state index contributed by atoms with van der Waals surface area (Å²) in [5, 5.41) is 4.27. The van der Waals surface area contributed by atoms with Gasteiger partial charge in [0, 0.05) is 44.4 Å². The molecule has 4 aromatic heterocycles. The molecule has 290 valence electrons. The third-order valence-electron chi connectivity index (χ3n) is 11.7.